The summed E-state index contributed by atoms with van der Waals surface area (Å²) in [5.74, 6) is 0.883. The van der Waals surface area contributed by atoms with E-state index in [1.54, 1.807) is 18.9 Å². The van der Waals surface area contributed by atoms with Gasteiger partial charge in [0.15, 0.2) is 0 Å². The van der Waals surface area contributed by atoms with Crippen LogP contribution in [0.25, 0.3) is 0 Å². The van der Waals surface area contributed by atoms with Gasteiger partial charge in [-0.05, 0) is 43.5 Å². The fourth-order valence-electron chi connectivity index (χ4n) is 1.78. The van der Waals surface area contributed by atoms with Gasteiger partial charge in [-0.2, -0.15) is 0 Å². The van der Waals surface area contributed by atoms with Crippen LogP contribution in [0.4, 0.5) is 0 Å². The summed E-state index contributed by atoms with van der Waals surface area (Å²) < 4.78 is 5.10. The largest absolute Gasteiger partial charge is 0.497 e. The van der Waals surface area contributed by atoms with Gasteiger partial charge in [-0.3, -0.25) is 4.79 Å². The molecule has 1 atom stereocenters. The molecular weight excluding hydrogens is 262 g/mol. The number of carboxylic acids is 1. The van der Waals surface area contributed by atoms with Crippen LogP contribution in [0.3, 0.4) is 0 Å². The molecule has 0 spiro atoms. The predicted molar refractivity (Wildman–Crippen MR) is 75.9 cm³/mol. The van der Waals surface area contributed by atoms with Gasteiger partial charge in [0, 0.05) is 16.7 Å². The first kappa shape index (κ1) is 14.2. The Hall–Kier alpha value is -1.20. The third-order valence-electron chi connectivity index (χ3n) is 3.05. The van der Waals surface area contributed by atoms with Gasteiger partial charge in [-0.15, -0.1) is 11.8 Å². The molecule has 0 bridgehead atoms. The second kappa shape index (κ2) is 6.82. The Morgan fingerprint density at radius 1 is 1.47 bits per heavy atom. The molecule has 0 amide bonds. The second-order valence-electron chi connectivity index (χ2n) is 4.64. The molecule has 0 heterocycles. The molecule has 0 aliphatic heterocycles. The number of methoxy groups -OCH3 is 1. The number of benzene rings is 1. The first-order chi connectivity index (χ1) is 9.19. The van der Waals surface area contributed by atoms with Gasteiger partial charge < -0.3 is 15.2 Å². The molecule has 1 fully saturated rings. The van der Waals surface area contributed by atoms with E-state index < -0.39 is 12.0 Å². The highest BCUT2D eigenvalue weighted by Gasteiger charge is 2.27. The maximum Gasteiger partial charge on any atom is 0.320 e. The minimum Gasteiger partial charge on any atom is -0.497 e. The minimum atomic E-state index is -0.748. The zero-order valence-electron chi connectivity index (χ0n) is 11.0. The molecule has 1 aliphatic rings. The molecule has 1 aromatic rings. The van der Waals surface area contributed by atoms with Gasteiger partial charge in [-0.25, -0.2) is 0 Å². The van der Waals surface area contributed by atoms with E-state index in [-0.39, 0.29) is 0 Å². The molecule has 1 aromatic carbocycles. The summed E-state index contributed by atoms with van der Waals surface area (Å²) in [7, 11) is 1.64. The lowest BCUT2D eigenvalue weighted by Crippen LogP contribution is -2.38. The lowest BCUT2D eigenvalue weighted by Gasteiger charge is -2.13. The Kier molecular flexibility index (Phi) is 5.10. The van der Waals surface area contributed by atoms with Crippen LogP contribution < -0.4 is 10.1 Å². The van der Waals surface area contributed by atoms with Crippen molar-refractivity contribution >= 4 is 17.7 Å². The summed E-state index contributed by atoms with van der Waals surface area (Å²) in [5.41, 5.74) is 0. The van der Waals surface area contributed by atoms with Crippen molar-refractivity contribution in [1.29, 1.82) is 0 Å². The smallest absolute Gasteiger partial charge is 0.320 e. The average molecular weight is 281 g/mol. The number of hydrogen-bond donors (Lipinski definition) is 2. The minimum absolute atomic E-state index is 0.418. The van der Waals surface area contributed by atoms with Crippen molar-refractivity contribution in [3.63, 3.8) is 0 Å². The lowest BCUT2D eigenvalue weighted by atomic mass is 10.2. The molecule has 1 aliphatic carbocycles. The second-order valence-corrected chi connectivity index (χ2v) is 5.81. The SMILES string of the molecule is COc1ccc(SCCC(NC2CC2)C(=O)O)cc1. The van der Waals surface area contributed by atoms with E-state index in [4.69, 9.17) is 9.84 Å². The van der Waals surface area contributed by atoms with Crippen molar-refractivity contribution in [2.75, 3.05) is 12.9 Å². The van der Waals surface area contributed by atoms with E-state index in [0.29, 0.717) is 12.5 Å². The van der Waals surface area contributed by atoms with Crippen LogP contribution in [0.2, 0.25) is 0 Å². The Morgan fingerprint density at radius 3 is 2.68 bits per heavy atom. The number of thioether (sulfide) groups is 1. The maximum atomic E-state index is 11.1. The fourth-order valence-corrected chi connectivity index (χ4v) is 2.70. The standard InChI is InChI=1S/C14H19NO3S/c1-18-11-4-6-12(7-5-11)19-9-8-13(14(16)17)15-10-2-3-10/h4-7,10,13,15H,2-3,8-9H2,1H3,(H,16,17). The Morgan fingerprint density at radius 2 is 2.16 bits per heavy atom. The molecule has 0 saturated heterocycles. The highest BCUT2D eigenvalue weighted by atomic mass is 32.2. The third kappa shape index (κ3) is 4.76. The maximum absolute atomic E-state index is 11.1. The van der Waals surface area contributed by atoms with E-state index in [0.717, 1.165) is 29.2 Å². The molecule has 104 valence electrons. The van der Waals surface area contributed by atoms with Crippen LogP contribution >= 0.6 is 11.8 Å². The number of hydrogen-bond acceptors (Lipinski definition) is 4. The number of aliphatic carboxylic acids is 1. The lowest BCUT2D eigenvalue weighted by molar-refractivity contribution is -0.139. The summed E-state index contributed by atoms with van der Waals surface area (Å²) >= 11 is 1.67. The molecule has 19 heavy (non-hydrogen) atoms. The normalized spacial score (nSPS) is 16.1. The van der Waals surface area contributed by atoms with Crippen LogP contribution in [-0.4, -0.2) is 36.0 Å². The van der Waals surface area contributed by atoms with Crippen molar-refractivity contribution in [2.24, 2.45) is 0 Å². The number of carbonyl (C=O) groups is 1. The first-order valence-corrected chi connectivity index (χ1v) is 7.43. The summed E-state index contributed by atoms with van der Waals surface area (Å²) in [6.45, 7) is 0. The van der Waals surface area contributed by atoms with Crippen molar-refractivity contribution < 1.29 is 14.6 Å². The summed E-state index contributed by atoms with van der Waals surface area (Å²) in [5, 5.41) is 12.3. The van der Waals surface area contributed by atoms with Gasteiger partial charge in [0.25, 0.3) is 0 Å². The van der Waals surface area contributed by atoms with Crippen molar-refractivity contribution in [3.8, 4) is 5.75 Å². The van der Waals surface area contributed by atoms with Crippen LogP contribution in [0.15, 0.2) is 29.2 Å². The zero-order chi connectivity index (χ0) is 13.7. The van der Waals surface area contributed by atoms with E-state index >= 15 is 0 Å². The molecule has 0 radical (unpaired) electrons. The fraction of sp³-hybridized carbons (Fsp3) is 0.500. The Bertz CT molecular complexity index is 417. The van der Waals surface area contributed by atoms with E-state index in [9.17, 15) is 4.79 Å². The van der Waals surface area contributed by atoms with Gasteiger partial charge in [0.1, 0.15) is 11.8 Å². The number of ether oxygens (including phenoxy) is 1. The highest BCUT2D eigenvalue weighted by molar-refractivity contribution is 7.99. The van der Waals surface area contributed by atoms with E-state index in [2.05, 4.69) is 5.32 Å². The molecule has 4 nitrogen and oxygen atoms in total. The molecule has 0 aromatic heterocycles. The number of rotatable bonds is 8. The zero-order valence-corrected chi connectivity index (χ0v) is 11.8. The Balaban J connectivity index is 1.75. The Labute approximate surface area is 117 Å². The third-order valence-corrected chi connectivity index (χ3v) is 4.09. The van der Waals surface area contributed by atoms with Crippen LogP contribution in [0.5, 0.6) is 5.75 Å². The van der Waals surface area contributed by atoms with E-state index in [1.165, 1.54) is 0 Å². The quantitative estimate of drug-likeness (QED) is 0.716. The van der Waals surface area contributed by atoms with Crippen molar-refractivity contribution in [2.45, 2.75) is 36.2 Å². The molecule has 1 unspecified atom stereocenters. The van der Waals surface area contributed by atoms with E-state index in [1.807, 2.05) is 24.3 Å². The molecular formula is C14H19NO3S. The summed E-state index contributed by atoms with van der Waals surface area (Å²) in [6.07, 6.45) is 2.85. The van der Waals surface area contributed by atoms with Gasteiger partial charge in [0.05, 0.1) is 7.11 Å². The molecule has 5 heteroatoms. The monoisotopic (exact) mass is 281 g/mol. The van der Waals surface area contributed by atoms with Gasteiger partial charge in [0.2, 0.25) is 0 Å². The number of nitrogens with one attached hydrogen (secondary N) is 1. The van der Waals surface area contributed by atoms with Gasteiger partial charge >= 0.3 is 5.97 Å². The van der Waals surface area contributed by atoms with Crippen LogP contribution in [0.1, 0.15) is 19.3 Å². The van der Waals surface area contributed by atoms with Crippen LogP contribution in [0, 0.1) is 0 Å². The average Bonchev–Trinajstić information content (AvgIpc) is 3.22. The van der Waals surface area contributed by atoms with Crippen LogP contribution in [-0.2, 0) is 4.79 Å². The first-order valence-electron chi connectivity index (χ1n) is 6.45. The molecule has 2 rings (SSSR count). The van der Waals surface area contributed by atoms with Crippen molar-refractivity contribution in [3.05, 3.63) is 24.3 Å². The summed E-state index contributed by atoms with van der Waals surface area (Å²) in [6, 6.07) is 7.82. The summed E-state index contributed by atoms with van der Waals surface area (Å²) in [4.78, 5) is 12.2. The van der Waals surface area contributed by atoms with Crippen molar-refractivity contribution in [1.82, 2.24) is 5.32 Å². The topological polar surface area (TPSA) is 58.6 Å². The van der Waals surface area contributed by atoms with Gasteiger partial charge in [-0.1, -0.05) is 0 Å². The molecule has 1 saturated carbocycles. The molecule has 2 N–H and O–H groups in total. The predicted octanol–water partition coefficient (Wildman–Crippen LogP) is 2.38. The highest BCUT2D eigenvalue weighted by Crippen LogP contribution is 2.24. The number of carboxylic acid groups (broad SMARTS) is 1.